The second kappa shape index (κ2) is 10.4. The highest BCUT2D eigenvalue weighted by molar-refractivity contribution is 5.63. The topological polar surface area (TPSA) is 27.6 Å². The van der Waals surface area contributed by atoms with E-state index in [1.807, 2.05) is 12.1 Å². The van der Waals surface area contributed by atoms with Gasteiger partial charge in [-0.3, -0.25) is 5.43 Å². The first-order chi connectivity index (χ1) is 16.5. The van der Waals surface area contributed by atoms with E-state index in [0.717, 1.165) is 17.8 Å². The van der Waals surface area contributed by atoms with Crippen LogP contribution in [0.2, 0.25) is 0 Å². The van der Waals surface area contributed by atoms with Crippen molar-refractivity contribution >= 4 is 12.4 Å². The van der Waals surface area contributed by atoms with Crippen molar-refractivity contribution in [3.63, 3.8) is 0 Å². The molecule has 172 valence electrons. The monoisotopic (exact) mass is 447 g/mol. The third-order valence-electron chi connectivity index (χ3n) is 6.12. The molecule has 0 aromatic heterocycles. The third-order valence-corrected chi connectivity index (χ3v) is 6.12. The normalized spacial score (nSPS) is 12.1. The minimum absolute atomic E-state index is 0.109. The fourth-order valence-electron chi connectivity index (χ4n) is 4.16. The van der Waals surface area contributed by atoms with Crippen molar-refractivity contribution < 1.29 is 0 Å². The molecule has 0 aliphatic rings. The van der Waals surface area contributed by atoms with Crippen LogP contribution in [0.1, 0.15) is 43.6 Å². The van der Waals surface area contributed by atoms with Gasteiger partial charge in [0.05, 0.1) is 0 Å². The molecule has 0 bridgehead atoms. The zero-order valence-electron chi connectivity index (χ0n) is 20.3. The SMILES string of the molecule is C=NNC(c1ccc(C(C)(C)C)cc1)N(Cc1ccc(-c2ccccc2)cc1)c1ccccc1. The molecule has 3 nitrogen and oxygen atoms in total. The van der Waals surface area contributed by atoms with Crippen LogP contribution in [-0.4, -0.2) is 6.72 Å². The van der Waals surface area contributed by atoms with E-state index in [1.54, 1.807) is 0 Å². The standard InChI is InChI=1S/C31H33N3/c1-31(2,3)28-21-19-27(20-22-28)30(33-32-4)34(29-13-9-6-10-14-29)23-24-15-17-26(18-16-24)25-11-7-5-8-12-25/h5-22,30,33H,4,23H2,1-3H3. The van der Waals surface area contributed by atoms with Crippen LogP contribution in [0.5, 0.6) is 0 Å². The predicted octanol–water partition coefficient (Wildman–Crippen LogP) is 7.56. The average Bonchev–Trinajstić information content (AvgIpc) is 2.87. The van der Waals surface area contributed by atoms with Crippen LogP contribution in [0.25, 0.3) is 11.1 Å². The smallest absolute Gasteiger partial charge is 0.141 e. The van der Waals surface area contributed by atoms with Gasteiger partial charge in [-0.1, -0.05) is 118 Å². The number of para-hydroxylation sites is 1. The lowest BCUT2D eigenvalue weighted by Crippen LogP contribution is -2.36. The quantitative estimate of drug-likeness (QED) is 0.171. The summed E-state index contributed by atoms with van der Waals surface area (Å²) in [6.45, 7) is 11.2. The summed E-state index contributed by atoms with van der Waals surface area (Å²) in [5.41, 5.74) is 10.6. The summed E-state index contributed by atoms with van der Waals surface area (Å²) in [5, 5.41) is 4.08. The lowest BCUT2D eigenvalue weighted by Gasteiger charge is -2.34. The molecule has 34 heavy (non-hydrogen) atoms. The molecule has 4 aromatic rings. The van der Waals surface area contributed by atoms with Gasteiger partial charge in [0.15, 0.2) is 0 Å². The first-order valence-electron chi connectivity index (χ1n) is 11.7. The number of hydrogen-bond acceptors (Lipinski definition) is 3. The second-order valence-electron chi connectivity index (χ2n) is 9.59. The number of benzene rings is 4. The summed E-state index contributed by atoms with van der Waals surface area (Å²) < 4.78 is 0. The molecule has 0 aliphatic carbocycles. The summed E-state index contributed by atoms with van der Waals surface area (Å²) in [6.07, 6.45) is -0.150. The second-order valence-corrected chi connectivity index (χ2v) is 9.59. The van der Waals surface area contributed by atoms with E-state index in [-0.39, 0.29) is 11.6 Å². The highest BCUT2D eigenvalue weighted by atomic mass is 15.4. The lowest BCUT2D eigenvalue weighted by atomic mass is 9.86. The number of nitrogens with one attached hydrogen (secondary N) is 1. The molecule has 0 radical (unpaired) electrons. The van der Waals surface area contributed by atoms with Crippen LogP contribution < -0.4 is 10.3 Å². The summed E-state index contributed by atoms with van der Waals surface area (Å²) in [6, 6.07) is 38.6. The summed E-state index contributed by atoms with van der Waals surface area (Å²) in [7, 11) is 0. The van der Waals surface area contributed by atoms with Crippen molar-refractivity contribution in [3.05, 3.63) is 126 Å². The van der Waals surface area contributed by atoms with E-state index < -0.39 is 0 Å². The van der Waals surface area contributed by atoms with Crippen LogP contribution in [0.15, 0.2) is 114 Å². The maximum atomic E-state index is 4.08. The number of nitrogens with zero attached hydrogens (tertiary/aromatic N) is 2. The van der Waals surface area contributed by atoms with Crippen LogP contribution in [-0.2, 0) is 12.0 Å². The Morgan fingerprint density at radius 2 is 1.29 bits per heavy atom. The maximum absolute atomic E-state index is 4.08. The van der Waals surface area contributed by atoms with Crippen molar-refractivity contribution in [2.45, 2.75) is 38.9 Å². The highest BCUT2D eigenvalue weighted by Crippen LogP contribution is 2.30. The molecule has 4 aromatic carbocycles. The molecule has 4 rings (SSSR count). The molecule has 3 heteroatoms. The first-order valence-corrected chi connectivity index (χ1v) is 11.7. The van der Waals surface area contributed by atoms with Crippen LogP contribution in [0.3, 0.4) is 0 Å². The number of rotatable bonds is 8. The Hall–Kier alpha value is -3.85. The molecular weight excluding hydrogens is 414 g/mol. The predicted molar refractivity (Wildman–Crippen MR) is 145 cm³/mol. The maximum Gasteiger partial charge on any atom is 0.141 e. The van der Waals surface area contributed by atoms with Gasteiger partial charge in [-0.25, -0.2) is 0 Å². The van der Waals surface area contributed by atoms with Crippen LogP contribution >= 0.6 is 0 Å². The van der Waals surface area contributed by atoms with Gasteiger partial charge in [0, 0.05) is 18.9 Å². The van der Waals surface area contributed by atoms with Crippen molar-refractivity contribution in [3.8, 4) is 11.1 Å². The van der Waals surface area contributed by atoms with E-state index >= 15 is 0 Å². The van der Waals surface area contributed by atoms with Gasteiger partial charge in [0.25, 0.3) is 0 Å². The first kappa shape index (κ1) is 23.3. The number of hydrazone groups is 1. The van der Waals surface area contributed by atoms with E-state index in [1.165, 1.54) is 22.3 Å². The number of hydrogen-bond donors (Lipinski definition) is 1. The molecule has 0 saturated carbocycles. The Labute approximate surface area is 203 Å². The van der Waals surface area contributed by atoms with E-state index in [2.05, 4.69) is 140 Å². The molecule has 0 saturated heterocycles. The van der Waals surface area contributed by atoms with Gasteiger partial charge >= 0.3 is 0 Å². The zero-order valence-corrected chi connectivity index (χ0v) is 20.3. The van der Waals surface area contributed by atoms with Gasteiger partial charge < -0.3 is 4.90 Å². The minimum atomic E-state index is -0.150. The average molecular weight is 448 g/mol. The fraction of sp³-hybridized carbons (Fsp3) is 0.194. The molecule has 0 heterocycles. The molecule has 0 amide bonds. The van der Waals surface area contributed by atoms with Crippen molar-refractivity contribution in [1.29, 1.82) is 0 Å². The minimum Gasteiger partial charge on any atom is -0.342 e. The molecule has 0 aliphatic heterocycles. The Bertz CT molecular complexity index is 1180. The Kier molecular flexibility index (Phi) is 7.12. The molecule has 0 spiro atoms. The van der Waals surface area contributed by atoms with Gasteiger partial charge in [0.2, 0.25) is 0 Å². The van der Waals surface area contributed by atoms with Gasteiger partial charge in [-0.05, 0) is 45.4 Å². The van der Waals surface area contributed by atoms with Gasteiger partial charge in [-0.15, -0.1) is 0 Å². The van der Waals surface area contributed by atoms with Crippen molar-refractivity contribution in [2.24, 2.45) is 5.10 Å². The molecule has 1 unspecified atom stereocenters. The van der Waals surface area contributed by atoms with Gasteiger partial charge in [-0.2, -0.15) is 5.10 Å². The molecular formula is C31H33N3. The zero-order chi connectivity index (χ0) is 24.0. The molecule has 1 N–H and O–H groups in total. The summed E-state index contributed by atoms with van der Waals surface area (Å²) in [4.78, 5) is 2.33. The van der Waals surface area contributed by atoms with Gasteiger partial charge in [0.1, 0.15) is 6.17 Å². The van der Waals surface area contributed by atoms with E-state index in [0.29, 0.717) is 0 Å². The molecule has 1 atom stereocenters. The summed E-state index contributed by atoms with van der Waals surface area (Å²) >= 11 is 0. The van der Waals surface area contributed by atoms with Crippen LogP contribution in [0.4, 0.5) is 5.69 Å². The highest BCUT2D eigenvalue weighted by Gasteiger charge is 2.22. The van der Waals surface area contributed by atoms with Crippen LogP contribution in [0, 0.1) is 0 Å². The van der Waals surface area contributed by atoms with Crippen molar-refractivity contribution in [2.75, 3.05) is 4.90 Å². The Morgan fingerprint density at radius 1 is 0.735 bits per heavy atom. The molecule has 0 fully saturated rings. The van der Waals surface area contributed by atoms with E-state index in [4.69, 9.17) is 0 Å². The van der Waals surface area contributed by atoms with Crippen molar-refractivity contribution in [1.82, 2.24) is 5.43 Å². The summed E-state index contributed by atoms with van der Waals surface area (Å²) in [5.74, 6) is 0. The third kappa shape index (κ3) is 5.55. The number of anilines is 1. The Morgan fingerprint density at radius 3 is 1.85 bits per heavy atom. The lowest BCUT2D eigenvalue weighted by molar-refractivity contribution is 0.517. The largest absolute Gasteiger partial charge is 0.342 e. The Balaban J connectivity index is 1.66. The fourth-order valence-corrected chi connectivity index (χ4v) is 4.16. The van der Waals surface area contributed by atoms with E-state index in [9.17, 15) is 0 Å².